The summed E-state index contributed by atoms with van der Waals surface area (Å²) in [7, 11) is 1.73. The van der Waals surface area contributed by atoms with Crippen molar-refractivity contribution in [3.8, 4) is 0 Å². The van der Waals surface area contributed by atoms with Gasteiger partial charge in [0.25, 0.3) is 0 Å². The number of Topliss-reactive ketones (excluding diaryl/α,β-unsaturated/α-hetero) is 1. The Morgan fingerprint density at radius 2 is 1.92 bits per heavy atom. The molecule has 7 nitrogen and oxygen atoms in total. The highest BCUT2D eigenvalue weighted by molar-refractivity contribution is 5.97. The molecule has 0 radical (unpaired) electrons. The van der Waals surface area contributed by atoms with Crippen LogP contribution in [0.4, 0.5) is 5.69 Å². The standard InChI is InChI=1S/C17H23N3O4/c1-13(21)14-4-3-5-15(10-14)18-16(22)11-19(2)12-17(23)20-6-8-24-9-7-20/h3-5,10H,6-9,11-12H2,1-2H3,(H,18,22). The van der Waals surface area contributed by atoms with E-state index in [2.05, 4.69) is 5.32 Å². The van der Waals surface area contributed by atoms with Crippen molar-refractivity contribution in [2.75, 3.05) is 51.8 Å². The number of ketones is 1. The lowest BCUT2D eigenvalue weighted by Crippen LogP contribution is -2.46. The van der Waals surface area contributed by atoms with Gasteiger partial charge in [0.2, 0.25) is 11.8 Å². The van der Waals surface area contributed by atoms with Crippen molar-refractivity contribution < 1.29 is 19.1 Å². The summed E-state index contributed by atoms with van der Waals surface area (Å²) in [6.45, 7) is 4.06. The van der Waals surface area contributed by atoms with Gasteiger partial charge in [-0.1, -0.05) is 12.1 Å². The highest BCUT2D eigenvalue weighted by Crippen LogP contribution is 2.11. The Morgan fingerprint density at radius 1 is 1.21 bits per heavy atom. The Morgan fingerprint density at radius 3 is 2.58 bits per heavy atom. The number of carbonyl (C=O) groups excluding carboxylic acids is 3. The number of benzene rings is 1. The molecule has 0 spiro atoms. The zero-order valence-corrected chi connectivity index (χ0v) is 14.1. The first-order valence-corrected chi connectivity index (χ1v) is 7.90. The van der Waals surface area contributed by atoms with Crippen LogP contribution in [0.25, 0.3) is 0 Å². The van der Waals surface area contributed by atoms with Gasteiger partial charge >= 0.3 is 0 Å². The number of anilines is 1. The van der Waals surface area contributed by atoms with Gasteiger partial charge in [0, 0.05) is 24.3 Å². The van der Waals surface area contributed by atoms with Crippen LogP contribution in [-0.2, 0) is 14.3 Å². The van der Waals surface area contributed by atoms with E-state index in [4.69, 9.17) is 4.74 Å². The van der Waals surface area contributed by atoms with E-state index in [1.54, 1.807) is 41.1 Å². The van der Waals surface area contributed by atoms with Crippen LogP contribution >= 0.6 is 0 Å². The molecule has 0 aliphatic carbocycles. The summed E-state index contributed by atoms with van der Waals surface area (Å²) in [5, 5.41) is 2.74. The van der Waals surface area contributed by atoms with E-state index >= 15 is 0 Å². The van der Waals surface area contributed by atoms with Crippen LogP contribution in [0.3, 0.4) is 0 Å². The monoisotopic (exact) mass is 333 g/mol. The van der Waals surface area contributed by atoms with Crippen LogP contribution in [0.1, 0.15) is 17.3 Å². The molecule has 1 fully saturated rings. The number of nitrogens with zero attached hydrogens (tertiary/aromatic N) is 2. The molecule has 24 heavy (non-hydrogen) atoms. The highest BCUT2D eigenvalue weighted by atomic mass is 16.5. The SMILES string of the molecule is CC(=O)c1cccc(NC(=O)CN(C)CC(=O)N2CCOCC2)c1. The fourth-order valence-electron chi connectivity index (χ4n) is 2.46. The summed E-state index contributed by atoms with van der Waals surface area (Å²) >= 11 is 0. The minimum absolute atomic E-state index is 0.00724. The third-order valence-corrected chi connectivity index (χ3v) is 3.74. The Hall–Kier alpha value is -2.25. The number of hydrogen-bond donors (Lipinski definition) is 1. The maximum absolute atomic E-state index is 12.1. The summed E-state index contributed by atoms with van der Waals surface area (Å²) in [5.41, 5.74) is 1.12. The third kappa shape index (κ3) is 5.43. The van der Waals surface area contributed by atoms with E-state index in [0.29, 0.717) is 37.6 Å². The number of carbonyl (C=O) groups is 3. The van der Waals surface area contributed by atoms with E-state index in [9.17, 15) is 14.4 Å². The number of morpholine rings is 1. The first kappa shape index (κ1) is 18.1. The molecule has 0 aromatic heterocycles. The zero-order chi connectivity index (χ0) is 17.5. The molecule has 1 aliphatic heterocycles. The predicted molar refractivity (Wildman–Crippen MR) is 90.0 cm³/mol. The van der Waals surface area contributed by atoms with E-state index in [-0.39, 0.29) is 30.7 Å². The Labute approximate surface area is 141 Å². The summed E-state index contributed by atoms with van der Waals surface area (Å²) in [6, 6.07) is 6.78. The summed E-state index contributed by atoms with van der Waals surface area (Å²) in [6.07, 6.45) is 0. The summed E-state index contributed by atoms with van der Waals surface area (Å²) < 4.78 is 5.22. The topological polar surface area (TPSA) is 79.0 Å². The van der Waals surface area contributed by atoms with Crippen molar-refractivity contribution in [1.82, 2.24) is 9.80 Å². The van der Waals surface area contributed by atoms with Crippen molar-refractivity contribution in [3.05, 3.63) is 29.8 Å². The molecule has 2 rings (SSSR count). The first-order chi connectivity index (χ1) is 11.5. The summed E-state index contributed by atoms with van der Waals surface area (Å²) in [4.78, 5) is 39.0. The molecule has 130 valence electrons. The minimum atomic E-state index is -0.229. The average Bonchev–Trinajstić information content (AvgIpc) is 2.55. The molecular weight excluding hydrogens is 310 g/mol. The number of ether oxygens (including phenoxy) is 1. The van der Waals surface area contributed by atoms with Crippen LogP contribution in [0.2, 0.25) is 0 Å². The second kappa shape index (κ2) is 8.56. The summed E-state index contributed by atoms with van der Waals surface area (Å²) in [5.74, 6) is -0.292. The molecule has 1 aliphatic rings. The second-order valence-electron chi connectivity index (χ2n) is 5.85. The van der Waals surface area contributed by atoms with Gasteiger partial charge in [-0.3, -0.25) is 19.3 Å². The molecule has 1 saturated heterocycles. The van der Waals surface area contributed by atoms with Crippen molar-refractivity contribution >= 4 is 23.3 Å². The molecule has 0 unspecified atom stereocenters. The zero-order valence-electron chi connectivity index (χ0n) is 14.1. The van der Waals surface area contributed by atoms with E-state index < -0.39 is 0 Å². The lowest BCUT2D eigenvalue weighted by Gasteiger charge is -2.28. The van der Waals surface area contributed by atoms with Crippen LogP contribution in [0.5, 0.6) is 0 Å². The lowest BCUT2D eigenvalue weighted by molar-refractivity contribution is -0.136. The maximum Gasteiger partial charge on any atom is 0.238 e. The quantitative estimate of drug-likeness (QED) is 0.772. The van der Waals surface area contributed by atoms with Gasteiger partial charge in [0.1, 0.15) is 0 Å². The average molecular weight is 333 g/mol. The Balaban J connectivity index is 1.81. The molecule has 7 heteroatoms. The molecule has 0 bridgehead atoms. The fraction of sp³-hybridized carbons (Fsp3) is 0.471. The minimum Gasteiger partial charge on any atom is -0.378 e. The van der Waals surface area contributed by atoms with Gasteiger partial charge in [0.15, 0.2) is 5.78 Å². The van der Waals surface area contributed by atoms with Gasteiger partial charge < -0.3 is 15.0 Å². The van der Waals surface area contributed by atoms with Crippen molar-refractivity contribution in [3.63, 3.8) is 0 Å². The van der Waals surface area contributed by atoms with Crippen LogP contribution < -0.4 is 5.32 Å². The third-order valence-electron chi connectivity index (χ3n) is 3.74. The van der Waals surface area contributed by atoms with Crippen molar-refractivity contribution in [2.45, 2.75) is 6.92 Å². The van der Waals surface area contributed by atoms with Crippen LogP contribution in [-0.4, -0.2) is 73.8 Å². The second-order valence-corrected chi connectivity index (χ2v) is 5.85. The smallest absolute Gasteiger partial charge is 0.238 e. The molecule has 1 aromatic carbocycles. The number of likely N-dealkylation sites (N-methyl/N-ethyl adjacent to an activating group) is 1. The van der Waals surface area contributed by atoms with Gasteiger partial charge in [-0.25, -0.2) is 0 Å². The van der Waals surface area contributed by atoms with Crippen molar-refractivity contribution in [2.24, 2.45) is 0 Å². The van der Waals surface area contributed by atoms with E-state index in [1.807, 2.05) is 0 Å². The van der Waals surface area contributed by atoms with Crippen molar-refractivity contribution in [1.29, 1.82) is 0 Å². The highest BCUT2D eigenvalue weighted by Gasteiger charge is 2.19. The number of nitrogens with one attached hydrogen (secondary N) is 1. The van der Waals surface area contributed by atoms with Gasteiger partial charge in [-0.05, 0) is 26.1 Å². The van der Waals surface area contributed by atoms with Crippen LogP contribution in [0, 0.1) is 0 Å². The first-order valence-electron chi connectivity index (χ1n) is 7.90. The predicted octanol–water partition coefficient (Wildman–Crippen LogP) is 0.618. The van der Waals surface area contributed by atoms with Gasteiger partial charge in [-0.2, -0.15) is 0 Å². The van der Waals surface area contributed by atoms with E-state index in [0.717, 1.165) is 0 Å². The molecule has 1 N–H and O–H groups in total. The molecule has 1 aromatic rings. The Bertz CT molecular complexity index is 612. The normalized spacial score (nSPS) is 14.5. The molecule has 0 saturated carbocycles. The lowest BCUT2D eigenvalue weighted by atomic mass is 10.1. The maximum atomic E-state index is 12.1. The molecular formula is C17H23N3O4. The largest absolute Gasteiger partial charge is 0.378 e. The Kier molecular flexibility index (Phi) is 6.45. The van der Waals surface area contributed by atoms with Gasteiger partial charge in [-0.15, -0.1) is 0 Å². The van der Waals surface area contributed by atoms with E-state index in [1.165, 1.54) is 6.92 Å². The molecule has 1 heterocycles. The molecule has 0 atom stereocenters. The number of hydrogen-bond acceptors (Lipinski definition) is 5. The fourth-order valence-corrected chi connectivity index (χ4v) is 2.46. The number of rotatable bonds is 6. The van der Waals surface area contributed by atoms with Crippen LogP contribution in [0.15, 0.2) is 24.3 Å². The van der Waals surface area contributed by atoms with Gasteiger partial charge in [0.05, 0.1) is 26.3 Å². The molecule has 2 amide bonds. The number of amides is 2.